The van der Waals surface area contributed by atoms with Crippen LogP contribution in [-0.4, -0.2) is 5.11 Å². The van der Waals surface area contributed by atoms with Gasteiger partial charge in [0.15, 0.2) is 11.6 Å². The van der Waals surface area contributed by atoms with Crippen LogP contribution in [-0.2, 0) is 0 Å². The van der Waals surface area contributed by atoms with Crippen molar-refractivity contribution in [3.05, 3.63) is 27.8 Å². The van der Waals surface area contributed by atoms with Gasteiger partial charge in [0.1, 0.15) is 0 Å². The van der Waals surface area contributed by atoms with Gasteiger partial charge in [-0.1, -0.05) is 0 Å². The predicted octanol–water partition coefficient (Wildman–Crippen LogP) is 3.51. The van der Waals surface area contributed by atoms with E-state index < -0.39 is 5.82 Å². The molecule has 0 saturated heterocycles. The molecule has 1 nitrogen and oxygen atoms in total. The third kappa shape index (κ3) is 1.03. The molecule has 2 rings (SSSR count). The van der Waals surface area contributed by atoms with Gasteiger partial charge in [0.25, 0.3) is 0 Å². The van der Waals surface area contributed by atoms with E-state index in [2.05, 4.69) is 15.9 Å². The van der Waals surface area contributed by atoms with Crippen LogP contribution in [0.1, 0.15) is 0 Å². The Labute approximate surface area is 80.6 Å². The lowest BCUT2D eigenvalue weighted by atomic mass is 10.2. The number of halogens is 2. The molecule has 12 heavy (non-hydrogen) atoms. The van der Waals surface area contributed by atoms with Crippen LogP contribution >= 0.6 is 27.3 Å². The number of phenols is 1. The van der Waals surface area contributed by atoms with Crippen LogP contribution in [0.5, 0.6) is 5.75 Å². The molecule has 0 fully saturated rings. The van der Waals surface area contributed by atoms with Crippen molar-refractivity contribution in [3.63, 3.8) is 0 Å². The average Bonchev–Trinajstić information content (AvgIpc) is 2.48. The highest BCUT2D eigenvalue weighted by Crippen LogP contribution is 2.35. The van der Waals surface area contributed by atoms with Gasteiger partial charge in [0, 0.05) is 0 Å². The van der Waals surface area contributed by atoms with Gasteiger partial charge in [-0.2, -0.15) is 0 Å². The maximum absolute atomic E-state index is 13.2. The van der Waals surface area contributed by atoms with Gasteiger partial charge >= 0.3 is 0 Å². The van der Waals surface area contributed by atoms with E-state index in [1.807, 2.05) is 6.07 Å². The minimum atomic E-state index is -0.547. The monoisotopic (exact) mass is 246 g/mol. The van der Waals surface area contributed by atoms with E-state index in [1.165, 1.54) is 11.3 Å². The summed E-state index contributed by atoms with van der Waals surface area (Å²) in [5.41, 5.74) is 0. The van der Waals surface area contributed by atoms with E-state index in [4.69, 9.17) is 0 Å². The lowest BCUT2D eigenvalue weighted by molar-refractivity contribution is 0.433. The predicted molar refractivity (Wildman–Crippen MR) is 51.1 cm³/mol. The van der Waals surface area contributed by atoms with Gasteiger partial charge in [-0.25, -0.2) is 4.39 Å². The second-order valence-electron chi connectivity index (χ2n) is 2.36. The van der Waals surface area contributed by atoms with E-state index in [-0.39, 0.29) is 5.75 Å². The Morgan fingerprint density at radius 1 is 1.50 bits per heavy atom. The Balaban J connectivity index is 2.94. The molecular weight excluding hydrogens is 243 g/mol. The maximum atomic E-state index is 13.2. The minimum Gasteiger partial charge on any atom is -0.504 e. The van der Waals surface area contributed by atoms with Crippen LogP contribution in [0, 0.1) is 5.82 Å². The molecule has 0 aliphatic carbocycles. The molecule has 0 bridgehead atoms. The normalized spacial score (nSPS) is 10.8. The second kappa shape index (κ2) is 2.71. The fourth-order valence-electron chi connectivity index (χ4n) is 1.03. The number of benzene rings is 1. The lowest BCUT2D eigenvalue weighted by Crippen LogP contribution is -1.77. The number of rotatable bonds is 0. The second-order valence-corrected chi connectivity index (χ2v) is 4.13. The van der Waals surface area contributed by atoms with Gasteiger partial charge in [-0.3, -0.25) is 0 Å². The zero-order chi connectivity index (χ0) is 8.72. The fourth-order valence-corrected chi connectivity index (χ4v) is 2.26. The molecule has 0 unspecified atom stereocenters. The summed E-state index contributed by atoms with van der Waals surface area (Å²) in [7, 11) is 0. The molecule has 0 aliphatic rings. The number of phenolic OH excluding ortho intramolecular Hbond substituents is 1. The fraction of sp³-hybridized carbons (Fsp3) is 0. The Morgan fingerprint density at radius 2 is 2.25 bits per heavy atom. The summed E-state index contributed by atoms with van der Waals surface area (Å²) < 4.78 is 14.1. The summed E-state index contributed by atoms with van der Waals surface area (Å²) in [5, 5.41) is 11.8. The third-order valence-electron chi connectivity index (χ3n) is 1.61. The Morgan fingerprint density at radius 3 is 3.00 bits per heavy atom. The first-order valence-corrected chi connectivity index (χ1v) is 4.91. The highest BCUT2D eigenvalue weighted by molar-refractivity contribution is 9.10. The quantitative estimate of drug-likeness (QED) is 0.755. The number of aromatic hydroxyl groups is 1. The number of fused-ring (bicyclic) bond motifs is 1. The van der Waals surface area contributed by atoms with E-state index in [9.17, 15) is 9.50 Å². The summed E-state index contributed by atoms with van der Waals surface area (Å²) >= 11 is 4.35. The van der Waals surface area contributed by atoms with E-state index in [0.717, 1.165) is 5.39 Å². The van der Waals surface area contributed by atoms with Crippen LogP contribution in [0.25, 0.3) is 10.1 Å². The van der Waals surface area contributed by atoms with Gasteiger partial charge in [0.2, 0.25) is 0 Å². The molecule has 0 radical (unpaired) electrons. The van der Waals surface area contributed by atoms with Crippen LogP contribution < -0.4 is 0 Å². The Hall–Kier alpha value is -0.610. The van der Waals surface area contributed by atoms with Crippen molar-refractivity contribution < 1.29 is 9.50 Å². The molecule has 0 atom stereocenters. The largest absolute Gasteiger partial charge is 0.504 e. The average molecular weight is 247 g/mol. The van der Waals surface area contributed by atoms with Crippen molar-refractivity contribution in [2.75, 3.05) is 0 Å². The van der Waals surface area contributed by atoms with Gasteiger partial charge in [-0.05, 0) is 38.8 Å². The molecule has 1 N–H and O–H groups in total. The molecule has 0 saturated carbocycles. The number of hydrogen-bond acceptors (Lipinski definition) is 2. The highest BCUT2D eigenvalue weighted by Gasteiger charge is 2.10. The lowest BCUT2D eigenvalue weighted by Gasteiger charge is -1.98. The maximum Gasteiger partial charge on any atom is 0.183 e. The van der Waals surface area contributed by atoms with Crippen LogP contribution in [0.2, 0.25) is 0 Å². The first kappa shape index (κ1) is 8.01. The molecule has 0 amide bonds. The first-order valence-electron chi connectivity index (χ1n) is 3.24. The van der Waals surface area contributed by atoms with Crippen molar-refractivity contribution in [1.29, 1.82) is 0 Å². The SMILES string of the molecule is Oc1c(Br)cc2ccsc2c1F. The molecule has 1 heterocycles. The van der Waals surface area contributed by atoms with E-state index >= 15 is 0 Å². The zero-order valence-corrected chi connectivity index (χ0v) is 8.25. The van der Waals surface area contributed by atoms with Crippen molar-refractivity contribution in [3.8, 4) is 5.75 Å². The molecule has 4 heteroatoms. The zero-order valence-electron chi connectivity index (χ0n) is 5.84. The Kier molecular flexibility index (Phi) is 1.81. The number of thiophene rings is 1. The molecule has 62 valence electrons. The van der Waals surface area contributed by atoms with Crippen LogP contribution in [0.15, 0.2) is 22.0 Å². The summed E-state index contributed by atoms with van der Waals surface area (Å²) in [5.74, 6) is -0.862. The molecule has 2 aromatic rings. The van der Waals surface area contributed by atoms with Crippen molar-refractivity contribution in [2.24, 2.45) is 0 Å². The van der Waals surface area contributed by atoms with E-state index in [1.54, 1.807) is 11.4 Å². The standard InChI is InChI=1S/C8H4BrFOS/c9-5-3-4-1-2-12-8(4)6(10)7(5)11/h1-3,11H. The molecule has 1 aromatic heterocycles. The molecule has 0 aliphatic heterocycles. The summed E-state index contributed by atoms with van der Waals surface area (Å²) in [6.07, 6.45) is 0. The molecule has 1 aromatic carbocycles. The number of hydrogen-bond donors (Lipinski definition) is 1. The summed E-state index contributed by atoms with van der Waals surface area (Å²) in [4.78, 5) is 0. The van der Waals surface area contributed by atoms with Crippen molar-refractivity contribution in [1.82, 2.24) is 0 Å². The third-order valence-corrected chi connectivity index (χ3v) is 3.14. The van der Waals surface area contributed by atoms with Gasteiger partial charge < -0.3 is 5.11 Å². The first-order chi connectivity index (χ1) is 5.70. The van der Waals surface area contributed by atoms with Gasteiger partial charge in [0.05, 0.1) is 9.17 Å². The van der Waals surface area contributed by atoms with Crippen LogP contribution in [0.4, 0.5) is 4.39 Å². The summed E-state index contributed by atoms with van der Waals surface area (Å²) in [6, 6.07) is 3.51. The summed E-state index contributed by atoms with van der Waals surface area (Å²) in [6.45, 7) is 0. The highest BCUT2D eigenvalue weighted by atomic mass is 79.9. The van der Waals surface area contributed by atoms with Crippen molar-refractivity contribution in [2.45, 2.75) is 0 Å². The van der Waals surface area contributed by atoms with E-state index in [0.29, 0.717) is 9.17 Å². The smallest absolute Gasteiger partial charge is 0.183 e. The topological polar surface area (TPSA) is 20.2 Å². The molecular formula is C8H4BrFOS. The van der Waals surface area contributed by atoms with Crippen LogP contribution in [0.3, 0.4) is 0 Å². The Bertz CT molecular complexity index is 438. The minimum absolute atomic E-state index is 0.315. The molecule has 0 spiro atoms. The van der Waals surface area contributed by atoms with Gasteiger partial charge in [-0.15, -0.1) is 11.3 Å². The van der Waals surface area contributed by atoms with Crippen molar-refractivity contribution >= 4 is 37.4 Å².